The summed E-state index contributed by atoms with van der Waals surface area (Å²) in [6.07, 6.45) is 3.27. The lowest BCUT2D eigenvalue weighted by Crippen LogP contribution is -2.12. The van der Waals surface area contributed by atoms with Gasteiger partial charge in [-0.1, -0.05) is 0 Å². The van der Waals surface area contributed by atoms with Crippen LogP contribution in [0.25, 0.3) is 0 Å². The van der Waals surface area contributed by atoms with Gasteiger partial charge in [0.05, 0.1) is 17.4 Å². The van der Waals surface area contributed by atoms with Crippen LogP contribution in [0.2, 0.25) is 0 Å². The molecule has 0 aliphatic carbocycles. The molecular weight excluding hydrogens is 343 g/mol. The first-order chi connectivity index (χ1) is 8.56. The Kier molecular flexibility index (Phi) is 3.81. The number of aromatic nitrogens is 1. The minimum Gasteiger partial charge on any atom is -0.507 e. The number of carbonyl (C=O) groups is 1. The highest BCUT2D eigenvalue weighted by molar-refractivity contribution is 14.1. The molecule has 18 heavy (non-hydrogen) atoms. The Labute approximate surface area is 118 Å². The number of anilines is 1. The highest BCUT2D eigenvalue weighted by Crippen LogP contribution is 2.21. The Bertz CT molecular complexity index is 599. The first-order valence-corrected chi connectivity index (χ1v) is 6.35. The van der Waals surface area contributed by atoms with Gasteiger partial charge in [0.2, 0.25) is 0 Å². The zero-order chi connectivity index (χ0) is 13.1. The summed E-state index contributed by atoms with van der Waals surface area (Å²) in [6, 6.07) is 6.69. The molecule has 1 aromatic carbocycles. The third kappa shape index (κ3) is 2.98. The molecule has 4 nitrogen and oxygen atoms in total. The number of nitrogens with zero attached hydrogens (tertiary/aromatic N) is 1. The number of pyridine rings is 1. The van der Waals surface area contributed by atoms with Gasteiger partial charge in [0.25, 0.3) is 5.91 Å². The number of phenols is 1. The summed E-state index contributed by atoms with van der Waals surface area (Å²) in [5.74, 6) is -0.382. The molecule has 0 saturated carbocycles. The zero-order valence-corrected chi connectivity index (χ0v) is 11.8. The molecule has 0 radical (unpaired) electrons. The molecule has 0 fully saturated rings. The topological polar surface area (TPSA) is 62.2 Å². The monoisotopic (exact) mass is 354 g/mol. The fraction of sp³-hybridized carbons (Fsp3) is 0.0769. The lowest BCUT2D eigenvalue weighted by atomic mass is 10.2. The Morgan fingerprint density at radius 1 is 1.33 bits per heavy atom. The van der Waals surface area contributed by atoms with E-state index in [4.69, 9.17) is 0 Å². The van der Waals surface area contributed by atoms with E-state index in [-0.39, 0.29) is 17.2 Å². The number of phenolic OH excluding ortho intramolecular Hbond substituents is 1. The summed E-state index contributed by atoms with van der Waals surface area (Å²) >= 11 is 2.09. The van der Waals surface area contributed by atoms with E-state index in [9.17, 15) is 9.90 Å². The van der Waals surface area contributed by atoms with Crippen molar-refractivity contribution in [3.63, 3.8) is 0 Å². The summed E-state index contributed by atoms with van der Waals surface area (Å²) in [5.41, 5.74) is 1.82. The molecule has 0 spiro atoms. The molecule has 2 rings (SSSR count). The van der Waals surface area contributed by atoms with Gasteiger partial charge >= 0.3 is 0 Å². The third-order valence-corrected chi connectivity index (χ3v) is 3.01. The molecule has 92 valence electrons. The van der Waals surface area contributed by atoms with Crippen molar-refractivity contribution < 1.29 is 9.90 Å². The van der Waals surface area contributed by atoms with E-state index < -0.39 is 0 Å². The molecule has 0 bridgehead atoms. The van der Waals surface area contributed by atoms with E-state index in [1.165, 1.54) is 6.07 Å². The van der Waals surface area contributed by atoms with Crippen LogP contribution in [-0.2, 0) is 0 Å². The maximum atomic E-state index is 12.0. The number of aryl methyl sites for hydroxylation is 1. The third-order valence-electron chi connectivity index (χ3n) is 2.34. The van der Waals surface area contributed by atoms with Crippen molar-refractivity contribution in [1.82, 2.24) is 4.98 Å². The van der Waals surface area contributed by atoms with Gasteiger partial charge < -0.3 is 10.4 Å². The summed E-state index contributed by atoms with van der Waals surface area (Å²) in [5, 5.41) is 12.4. The summed E-state index contributed by atoms with van der Waals surface area (Å²) in [4.78, 5) is 16.0. The minimum absolute atomic E-state index is 0.0338. The number of benzene rings is 1. The van der Waals surface area contributed by atoms with Crippen LogP contribution in [-0.4, -0.2) is 16.0 Å². The zero-order valence-electron chi connectivity index (χ0n) is 9.64. The van der Waals surface area contributed by atoms with E-state index in [2.05, 4.69) is 32.9 Å². The van der Waals surface area contributed by atoms with Gasteiger partial charge in [0, 0.05) is 9.77 Å². The van der Waals surface area contributed by atoms with Crippen LogP contribution in [0, 0.1) is 10.5 Å². The molecule has 1 aromatic heterocycles. The Balaban J connectivity index is 2.24. The highest BCUT2D eigenvalue weighted by Gasteiger charge is 2.11. The van der Waals surface area contributed by atoms with Gasteiger partial charge in [0.15, 0.2) is 0 Å². The number of carbonyl (C=O) groups excluding carboxylic acids is 1. The van der Waals surface area contributed by atoms with E-state index in [1.807, 2.05) is 13.0 Å². The molecule has 1 amide bonds. The molecule has 0 unspecified atom stereocenters. The molecule has 0 saturated heterocycles. The number of amides is 1. The first-order valence-electron chi connectivity index (χ1n) is 5.28. The number of aromatic hydroxyl groups is 1. The maximum absolute atomic E-state index is 12.0. The van der Waals surface area contributed by atoms with Crippen LogP contribution in [0.15, 0.2) is 36.7 Å². The van der Waals surface area contributed by atoms with E-state index in [1.54, 1.807) is 24.5 Å². The number of rotatable bonds is 2. The summed E-state index contributed by atoms with van der Waals surface area (Å²) in [6.45, 7) is 1.89. The second-order valence-corrected chi connectivity index (χ2v) is 5.11. The van der Waals surface area contributed by atoms with E-state index >= 15 is 0 Å². The quantitative estimate of drug-likeness (QED) is 0.816. The number of nitrogens with one attached hydrogen (secondary N) is 1. The largest absolute Gasteiger partial charge is 0.507 e. The van der Waals surface area contributed by atoms with Crippen LogP contribution in [0.3, 0.4) is 0 Å². The number of halogens is 1. The average molecular weight is 354 g/mol. The SMILES string of the molecule is Cc1cncc(NC(=O)c2cc(I)ccc2O)c1. The van der Waals surface area contributed by atoms with Crippen molar-refractivity contribution in [3.8, 4) is 5.75 Å². The molecule has 0 aliphatic heterocycles. The maximum Gasteiger partial charge on any atom is 0.259 e. The highest BCUT2D eigenvalue weighted by atomic mass is 127. The lowest BCUT2D eigenvalue weighted by molar-refractivity contribution is 0.102. The van der Waals surface area contributed by atoms with E-state index in [0.29, 0.717) is 5.69 Å². The molecule has 0 aliphatic rings. The van der Waals surface area contributed by atoms with Crippen molar-refractivity contribution in [2.24, 2.45) is 0 Å². The fourth-order valence-corrected chi connectivity index (χ4v) is 2.00. The van der Waals surface area contributed by atoms with Crippen molar-refractivity contribution in [1.29, 1.82) is 0 Å². The van der Waals surface area contributed by atoms with Crippen LogP contribution in [0.4, 0.5) is 5.69 Å². The fourth-order valence-electron chi connectivity index (χ4n) is 1.51. The van der Waals surface area contributed by atoms with Gasteiger partial charge in [-0.25, -0.2) is 0 Å². The first kappa shape index (κ1) is 12.8. The summed E-state index contributed by atoms with van der Waals surface area (Å²) < 4.78 is 0.887. The van der Waals surface area contributed by atoms with Crippen LogP contribution in [0.1, 0.15) is 15.9 Å². The second kappa shape index (κ2) is 5.34. The molecule has 5 heteroatoms. The van der Waals surface area contributed by atoms with Crippen molar-refractivity contribution in [2.75, 3.05) is 5.32 Å². The number of hydrogen-bond donors (Lipinski definition) is 2. The number of hydrogen-bond acceptors (Lipinski definition) is 3. The van der Waals surface area contributed by atoms with Gasteiger partial charge in [-0.3, -0.25) is 9.78 Å². The van der Waals surface area contributed by atoms with Crippen molar-refractivity contribution >= 4 is 34.2 Å². The van der Waals surface area contributed by atoms with Gasteiger partial charge in [-0.05, 0) is 59.3 Å². The van der Waals surface area contributed by atoms with Crippen LogP contribution in [0.5, 0.6) is 5.75 Å². The molecule has 2 N–H and O–H groups in total. The standard InChI is InChI=1S/C13H11IN2O2/c1-8-4-10(7-15-6-8)16-13(18)11-5-9(14)2-3-12(11)17/h2-7,17H,1H3,(H,16,18). The van der Waals surface area contributed by atoms with Crippen molar-refractivity contribution in [2.45, 2.75) is 6.92 Å². The average Bonchev–Trinajstić information content (AvgIpc) is 2.32. The van der Waals surface area contributed by atoms with Crippen LogP contribution < -0.4 is 5.32 Å². The Hall–Kier alpha value is -1.63. The van der Waals surface area contributed by atoms with Crippen LogP contribution >= 0.6 is 22.6 Å². The van der Waals surface area contributed by atoms with Gasteiger partial charge in [-0.15, -0.1) is 0 Å². The predicted octanol–water partition coefficient (Wildman–Crippen LogP) is 2.95. The molecule has 0 atom stereocenters. The smallest absolute Gasteiger partial charge is 0.259 e. The lowest BCUT2D eigenvalue weighted by Gasteiger charge is -2.07. The Morgan fingerprint density at radius 3 is 2.83 bits per heavy atom. The normalized spacial score (nSPS) is 10.1. The Morgan fingerprint density at radius 2 is 2.11 bits per heavy atom. The molecule has 2 aromatic rings. The minimum atomic E-state index is -0.349. The van der Waals surface area contributed by atoms with Gasteiger partial charge in [-0.2, -0.15) is 0 Å². The van der Waals surface area contributed by atoms with Gasteiger partial charge in [0.1, 0.15) is 5.75 Å². The summed E-state index contributed by atoms with van der Waals surface area (Å²) in [7, 11) is 0. The predicted molar refractivity (Wildman–Crippen MR) is 77.8 cm³/mol. The van der Waals surface area contributed by atoms with E-state index in [0.717, 1.165) is 9.13 Å². The molecular formula is C13H11IN2O2. The van der Waals surface area contributed by atoms with Crippen molar-refractivity contribution in [3.05, 3.63) is 51.4 Å². The molecule has 1 heterocycles. The second-order valence-electron chi connectivity index (χ2n) is 3.87.